The van der Waals surface area contributed by atoms with Crippen LogP contribution in [0, 0.1) is 0 Å². The summed E-state index contributed by atoms with van der Waals surface area (Å²) >= 11 is 0. The monoisotopic (exact) mass is 468 g/mol. The van der Waals surface area contributed by atoms with E-state index < -0.39 is 29.2 Å². The summed E-state index contributed by atoms with van der Waals surface area (Å²) in [5.74, 6) is 0.474. The van der Waals surface area contributed by atoms with Crippen molar-refractivity contribution in [1.29, 1.82) is 0 Å². The Kier molecular flexibility index (Phi) is 5.33. The molecule has 0 radical (unpaired) electrons. The van der Waals surface area contributed by atoms with E-state index in [0.29, 0.717) is 11.4 Å². The predicted octanol–water partition coefficient (Wildman–Crippen LogP) is 4.78. The lowest BCUT2D eigenvalue weighted by Gasteiger charge is -2.26. The van der Waals surface area contributed by atoms with Crippen molar-refractivity contribution in [2.75, 3.05) is 11.6 Å². The Labute approximate surface area is 184 Å². The Balaban J connectivity index is 1.61. The Bertz CT molecular complexity index is 1190. The van der Waals surface area contributed by atoms with Crippen LogP contribution in [0.2, 0.25) is 0 Å². The number of alkyl halides is 6. The zero-order chi connectivity index (χ0) is 24.0. The third-order valence-electron chi connectivity index (χ3n) is 5.18. The molecule has 0 saturated carbocycles. The fraction of sp³-hybridized carbons (Fsp3) is 0.286. The van der Waals surface area contributed by atoms with Gasteiger partial charge in [-0.3, -0.25) is 10.4 Å². The van der Waals surface area contributed by atoms with Crippen LogP contribution in [0.15, 0.2) is 60.4 Å². The van der Waals surface area contributed by atoms with Gasteiger partial charge in [0.1, 0.15) is 11.5 Å². The van der Waals surface area contributed by atoms with Crippen molar-refractivity contribution < 1.29 is 26.3 Å². The largest absolute Gasteiger partial charge is 0.435 e. The maximum atomic E-state index is 12.9. The molecular formula is C21H18F6N6. The van der Waals surface area contributed by atoms with Crippen molar-refractivity contribution >= 4 is 5.82 Å². The van der Waals surface area contributed by atoms with Gasteiger partial charge in [-0.2, -0.15) is 31.4 Å². The molecule has 0 unspecified atom stereocenters. The van der Waals surface area contributed by atoms with Crippen LogP contribution in [0.5, 0.6) is 0 Å². The van der Waals surface area contributed by atoms with Gasteiger partial charge in [-0.1, -0.05) is 12.1 Å². The van der Waals surface area contributed by atoms with Gasteiger partial charge >= 0.3 is 12.4 Å². The number of nitrogens with one attached hydrogen (secondary N) is 1. The first-order valence-corrected chi connectivity index (χ1v) is 9.75. The average Bonchev–Trinajstić information content (AvgIpc) is 3.44. The highest BCUT2D eigenvalue weighted by Gasteiger charge is 2.38. The molecule has 1 N–H and O–H groups in total. The molecular weight excluding hydrogens is 450 g/mol. The quantitative estimate of drug-likeness (QED) is 0.559. The number of aromatic nitrogens is 4. The molecule has 0 saturated heterocycles. The highest BCUT2D eigenvalue weighted by Crippen LogP contribution is 2.32. The van der Waals surface area contributed by atoms with E-state index in [-0.39, 0.29) is 18.2 Å². The molecule has 0 aromatic carbocycles. The fourth-order valence-electron chi connectivity index (χ4n) is 3.30. The van der Waals surface area contributed by atoms with E-state index in [9.17, 15) is 26.3 Å². The van der Waals surface area contributed by atoms with Crippen LogP contribution in [-0.2, 0) is 11.6 Å². The Morgan fingerprint density at radius 1 is 0.788 bits per heavy atom. The minimum atomic E-state index is -4.57. The van der Waals surface area contributed by atoms with Crippen LogP contribution in [-0.4, -0.2) is 32.5 Å². The minimum Gasteiger partial charge on any atom is -0.293 e. The second kappa shape index (κ2) is 7.78. The van der Waals surface area contributed by atoms with Gasteiger partial charge in [0.05, 0.1) is 17.9 Å². The van der Waals surface area contributed by atoms with E-state index in [1.807, 2.05) is 13.8 Å². The number of anilines is 1. The molecule has 3 aromatic rings. The smallest absolute Gasteiger partial charge is 0.293 e. The number of halogens is 6. The van der Waals surface area contributed by atoms with Crippen molar-refractivity contribution in [1.82, 2.24) is 25.2 Å². The lowest BCUT2D eigenvalue weighted by Crippen LogP contribution is -2.37. The normalized spacial score (nSPS) is 14.9. The molecule has 12 heteroatoms. The highest BCUT2D eigenvalue weighted by atomic mass is 19.4. The van der Waals surface area contributed by atoms with Gasteiger partial charge in [-0.15, -0.1) is 0 Å². The third-order valence-corrected chi connectivity index (χ3v) is 5.18. The first-order chi connectivity index (χ1) is 15.4. The number of hydrogen-bond donors (Lipinski definition) is 1. The number of nitrogens with zero attached hydrogens (tertiary/aromatic N) is 5. The molecule has 0 fully saturated rings. The summed E-state index contributed by atoms with van der Waals surface area (Å²) in [5.41, 5.74) is 0.605. The number of hydrazine groups is 1. The van der Waals surface area contributed by atoms with E-state index in [1.165, 1.54) is 17.3 Å². The van der Waals surface area contributed by atoms with E-state index >= 15 is 0 Å². The lowest BCUT2D eigenvalue weighted by molar-refractivity contribution is -0.141. The number of allylic oxidation sites excluding steroid dienone is 1. The fourth-order valence-corrected chi connectivity index (χ4v) is 3.30. The topological polar surface area (TPSA) is 58.9 Å². The molecule has 1 aliphatic heterocycles. The Morgan fingerprint density at radius 2 is 1.39 bits per heavy atom. The van der Waals surface area contributed by atoms with E-state index in [0.717, 1.165) is 16.8 Å². The van der Waals surface area contributed by atoms with Gasteiger partial charge in [-0.05, 0) is 50.3 Å². The first-order valence-electron chi connectivity index (χ1n) is 9.75. The summed E-state index contributed by atoms with van der Waals surface area (Å²) in [6.07, 6.45) is -6.86. The second-order valence-electron chi connectivity index (χ2n) is 7.87. The van der Waals surface area contributed by atoms with Crippen molar-refractivity contribution in [3.63, 3.8) is 0 Å². The number of rotatable bonds is 4. The minimum absolute atomic E-state index is 0.0136. The van der Waals surface area contributed by atoms with E-state index in [4.69, 9.17) is 0 Å². The zero-order valence-electron chi connectivity index (χ0n) is 17.4. The predicted molar refractivity (Wildman–Crippen MR) is 107 cm³/mol. The van der Waals surface area contributed by atoms with Crippen molar-refractivity contribution in [2.45, 2.75) is 31.6 Å². The SMILES string of the molecule is CC(C)(c1cccc(N2CC=C(C(F)(F)F)N2)n1)c1cccc(-n2ccc(C(F)(F)F)n2)n1. The molecule has 174 valence electrons. The van der Waals surface area contributed by atoms with Crippen LogP contribution in [0.1, 0.15) is 30.9 Å². The van der Waals surface area contributed by atoms with Gasteiger partial charge in [0, 0.05) is 11.6 Å². The third kappa shape index (κ3) is 4.50. The Morgan fingerprint density at radius 3 is 1.94 bits per heavy atom. The second-order valence-corrected chi connectivity index (χ2v) is 7.87. The van der Waals surface area contributed by atoms with Gasteiger partial charge in [-0.25, -0.2) is 14.6 Å². The molecule has 0 amide bonds. The van der Waals surface area contributed by atoms with Gasteiger partial charge in [0.2, 0.25) is 0 Å². The van der Waals surface area contributed by atoms with Crippen LogP contribution in [0.25, 0.3) is 5.82 Å². The molecule has 1 aliphatic rings. The number of pyridine rings is 2. The molecule has 4 rings (SSSR count). The average molecular weight is 468 g/mol. The lowest BCUT2D eigenvalue weighted by atomic mass is 9.84. The molecule has 0 bridgehead atoms. The summed E-state index contributed by atoms with van der Waals surface area (Å²) in [5, 5.41) is 4.81. The number of hydrogen-bond acceptors (Lipinski definition) is 5. The Hall–Kier alpha value is -3.57. The van der Waals surface area contributed by atoms with E-state index in [1.54, 1.807) is 30.3 Å². The molecule has 3 aromatic heterocycles. The van der Waals surface area contributed by atoms with Crippen molar-refractivity contribution in [3.05, 3.63) is 77.5 Å². The van der Waals surface area contributed by atoms with Crippen molar-refractivity contribution in [2.24, 2.45) is 0 Å². The molecule has 4 heterocycles. The van der Waals surface area contributed by atoms with Crippen molar-refractivity contribution in [3.8, 4) is 5.82 Å². The molecule has 0 spiro atoms. The summed E-state index contributed by atoms with van der Waals surface area (Å²) in [7, 11) is 0. The van der Waals surface area contributed by atoms with Gasteiger partial charge < -0.3 is 0 Å². The maximum Gasteiger partial charge on any atom is 0.435 e. The summed E-state index contributed by atoms with van der Waals surface area (Å²) < 4.78 is 78.5. The molecule has 0 aliphatic carbocycles. The van der Waals surface area contributed by atoms with Crippen LogP contribution < -0.4 is 10.4 Å². The van der Waals surface area contributed by atoms with Crippen LogP contribution in [0.4, 0.5) is 32.2 Å². The molecule has 33 heavy (non-hydrogen) atoms. The van der Waals surface area contributed by atoms with Crippen LogP contribution >= 0.6 is 0 Å². The van der Waals surface area contributed by atoms with Crippen LogP contribution in [0.3, 0.4) is 0 Å². The molecule has 6 nitrogen and oxygen atoms in total. The molecule has 0 atom stereocenters. The van der Waals surface area contributed by atoms with Gasteiger partial charge in [0.15, 0.2) is 11.5 Å². The standard InChI is InChI=1S/C21H18F6N6/c1-19(2,13-5-3-7-17(28-13)32-11-9-15(30-32)20(22,23)24)14-6-4-8-18(29-14)33-12-10-16(31-33)21(25,26)27/h3-11,31H,12H2,1-2H3. The van der Waals surface area contributed by atoms with Gasteiger partial charge in [0.25, 0.3) is 0 Å². The summed E-state index contributed by atoms with van der Waals surface area (Å²) in [6, 6.07) is 10.7. The maximum absolute atomic E-state index is 12.9. The van der Waals surface area contributed by atoms with E-state index in [2.05, 4.69) is 20.5 Å². The summed E-state index contributed by atoms with van der Waals surface area (Å²) in [4.78, 5) is 8.97. The first kappa shape index (κ1) is 22.6. The highest BCUT2D eigenvalue weighted by molar-refractivity contribution is 5.45. The summed E-state index contributed by atoms with van der Waals surface area (Å²) in [6.45, 7) is 3.61. The zero-order valence-corrected chi connectivity index (χ0v) is 17.4.